The highest BCUT2D eigenvalue weighted by Crippen LogP contribution is 2.22. The van der Waals surface area contributed by atoms with Gasteiger partial charge in [0.2, 0.25) is 5.91 Å². The molecule has 0 aromatic carbocycles. The second kappa shape index (κ2) is 33.9. The van der Waals surface area contributed by atoms with Gasteiger partial charge in [-0.25, -0.2) is 0 Å². The lowest BCUT2D eigenvalue weighted by molar-refractivity contribution is -0.302. The molecule has 0 spiro atoms. The van der Waals surface area contributed by atoms with Crippen molar-refractivity contribution in [2.75, 3.05) is 13.2 Å². The van der Waals surface area contributed by atoms with Crippen LogP contribution in [0.1, 0.15) is 181 Å². The Morgan fingerprint density at radius 3 is 1.64 bits per heavy atom. The summed E-state index contributed by atoms with van der Waals surface area (Å²) >= 11 is 0. The lowest BCUT2D eigenvalue weighted by Crippen LogP contribution is -2.60. The third-order valence-corrected chi connectivity index (χ3v) is 10.4. The average Bonchev–Trinajstić information content (AvgIpc) is 3.16. The van der Waals surface area contributed by atoms with E-state index in [1.807, 2.05) is 6.08 Å². The number of nitrogens with one attached hydrogen (secondary N) is 1. The maximum Gasteiger partial charge on any atom is 0.249 e. The summed E-state index contributed by atoms with van der Waals surface area (Å²) < 4.78 is 11.1. The molecule has 1 amide bonds. The molecule has 0 radical (unpaired) electrons. The zero-order valence-electron chi connectivity index (χ0n) is 33.6. The summed E-state index contributed by atoms with van der Waals surface area (Å²) in [6, 6.07) is -0.991. The fraction of sp³-hybridized carbons (Fsp3) is 0.884. The van der Waals surface area contributed by atoms with Crippen LogP contribution in [-0.4, -0.2) is 98.7 Å². The van der Waals surface area contributed by atoms with Crippen LogP contribution in [0.25, 0.3) is 0 Å². The van der Waals surface area contributed by atoms with E-state index >= 15 is 0 Å². The number of hydrogen-bond acceptors (Lipinski definition) is 9. The second-order valence-electron chi connectivity index (χ2n) is 15.3. The second-order valence-corrected chi connectivity index (χ2v) is 15.3. The molecule has 0 saturated carbocycles. The van der Waals surface area contributed by atoms with Crippen LogP contribution in [0.4, 0.5) is 0 Å². The fourth-order valence-corrected chi connectivity index (χ4v) is 6.77. The average molecular weight is 756 g/mol. The number of unbranched alkanes of at least 4 members (excludes halogenated alkanes) is 22. The smallest absolute Gasteiger partial charge is 0.249 e. The number of amides is 1. The number of allylic oxidation sites excluding steroid dienone is 3. The van der Waals surface area contributed by atoms with Crippen LogP contribution >= 0.6 is 0 Å². The molecular formula is C43H81NO9. The number of carbonyl (C=O) groups excluding carboxylic acids is 1. The Balaban J connectivity index is 2.47. The number of hydrogen-bond donors (Lipinski definition) is 7. The molecule has 10 heteroatoms. The summed E-state index contributed by atoms with van der Waals surface area (Å²) in [5.74, 6) is -0.626. The lowest BCUT2D eigenvalue weighted by atomic mass is 9.99. The molecule has 0 aliphatic carbocycles. The van der Waals surface area contributed by atoms with E-state index in [-0.39, 0.29) is 6.61 Å². The highest BCUT2D eigenvalue weighted by Gasteiger charge is 2.44. The normalized spacial score (nSPS) is 22.5. The first kappa shape index (κ1) is 49.6. The molecule has 1 aliphatic heterocycles. The number of carbonyl (C=O) groups is 1. The van der Waals surface area contributed by atoms with Crippen LogP contribution in [0.3, 0.4) is 0 Å². The Morgan fingerprint density at radius 1 is 0.642 bits per heavy atom. The van der Waals surface area contributed by atoms with E-state index in [2.05, 4.69) is 31.3 Å². The van der Waals surface area contributed by atoms with Gasteiger partial charge < -0.3 is 45.4 Å². The monoisotopic (exact) mass is 756 g/mol. The Morgan fingerprint density at radius 2 is 1.11 bits per heavy atom. The summed E-state index contributed by atoms with van der Waals surface area (Å²) in [6.07, 6.45) is 28.4. The Bertz CT molecular complexity index is 901. The Hall–Kier alpha value is -1.37. The van der Waals surface area contributed by atoms with Crippen molar-refractivity contribution in [2.24, 2.45) is 0 Å². The van der Waals surface area contributed by atoms with Crippen molar-refractivity contribution < 1.29 is 44.9 Å². The van der Waals surface area contributed by atoms with Gasteiger partial charge in [-0.05, 0) is 32.1 Å². The third kappa shape index (κ3) is 24.7. The number of rotatable bonds is 35. The van der Waals surface area contributed by atoms with Crippen LogP contribution in [0.15, 0.2) is 24.3 Å². The van der Waals surface area contributed by atoms with Gasteiger partial charge in [0.25, 0.3) is 0 Å². The summed E-state index contributed by atoms with van der Waals surface area (Å²) in [6.45, 7) is 3.57. The molecule has 10 nitrogen and oxygen atoms in total. The van der Waals surface area contributed by atoms with Crippen LogP contribution in [0, 0.1) is 0 Å². The van der Waals surface area contributed by atoms with Crippen molar-refractivity contribution in [1.82, 2.24) is 5.32 Å². The van der Waals surface area contributed by atoms with E-state index in [4.69, 9.17) is 9.47 Å². The van der Waals surface area contributed by atoms with Crippen molar-refractivity contribution in [3.05, 3.63) is 24.3 Å². The van der Waals surface area contributed by atoms with Gasteiger partial charge in [0, 0.05) is 0 Å². The fourth-order valence-electron chi connectivity index (χ4n) is 6.77. The van der Waals surface area contributed by atoms with E-state index in [0.29, 0.717) is 19.3 Å². The molecule has 0 aromatic rings. The maximum absolute atomic E-state index is 13.0. The highest BCUT2D eigenvalue weighted by molar-refractivity contribution is 5.80. The van der Waals surface area contributed by atoms with Gasteiger partial charge in [-0.1, -0.05) is 173 Å². The molecular weight excluding hydrogens is 674 g/mol. The van der Waals surface area contributed by atoms with E-state index in [1.54, 1.807) is 6.08 Å². The van der Waals surface area contributed by atoms with Crippen molar-refractivity contribution in [2.45, 2.75) is 230 Å². The number of aliphatic hydroxyl groups is 6. The van der Waals surface area contributed by atoms with Crippen molar-refractivity contribution in [3.63, 3.8) is 0 Å². The zero-order valence-corrected chi connectivity index (χ0v) is 33.6. The summed E-state index contributed by atoms with van der Waals surface area (Å²) in [5.41, 5.74) is 0. The minimum Gasteiger partial charge on any atom is -0.394 e. The molecule has 312 valence electrons. The topological polar surface area (TPSA) is 169 Å². The molecule has 1 rings (SSSR count). The minimum absolute atomic E-state index is 0.307. The standard InChI is InChI=1S/C43H81NO9/c1-3-5-7-9-11-13-15-17-18-20-22-24-26-28-30-32-37(47)42(51)44-35(34-52-43-41(50)40(49)39(48)38(33-45)53-43)36(46)31-29-27-25-23-21-19-16-14-12-10-8-6-4-2/h21,23,29,31,35-41,43,45-50H,3-20,22,24-28,30,32-34H2,1-2H3,(H,44,51)/b23-21+,31-29+. The van der Waals surface area contributed by atoms with E-state index in [1.165, 1.54) is 116 Å². The number of ether oxygens (including phenoxy) is 2. The molecule has 1 saturated heterocycles. The highest BCUT2D eigenvalue weighted by atomic mass is 16.7. The first-order chi connectivity index (χ1) is 25.8. The first-order valence-corrected chi connectivity index (χ1v) is 21.7. The largest absolute Gasteiger partial charge is 0.394 e. The lowest BCUT2D eigenvalue weighted by Gasteiger charge is -2.40. The Labute approximate surface area is 322 Å². The van der Waals surface area contributed by atoms with E-state index in [9.17, 15) is 35.4 Å². The third-order valence-electron chi connectivity index (χ3n) is 10.4. The van der Waals surface area contributed by atoms with Crippen molar-refractivity contribution in [3.8, 4) is 0 Å². The SMILES string of the molecule is CCCCCCCCC/C=C/CC/C=C/C(O)C(COC1OC(CO)C(O)C(O)C1O)NC(=O)C(O)CCCCCCCCCCCCCCCCC. The molecule has 8 unspecified atom stereocenters. The van der Waals surface area contributed by atoms with Crippen molar-refractivity contribution in [1.29, 1.82) is 0 Å². The van der Waals surface area contributed by atoms with Gasteiger partial charge in [-0.3, -0.25) is 4.79 Å². The van der Waals surface area contributed by atoms with Gasteiger partial charge in [0.1, 0.15) is 30.5 Å². The minimum atomic E-state index is -1.61. The van der Waals surface area contributed by atoms with E-state index in [0.717, 1.165) is 32.1 Å². The molecule has 53 heavy (non-hydrogen) atoms. The predicted molar refractivity (Wildman–Crippen MR) is 213 cm³/mol. The van der Waals surface area contributed by atoms with E-state index < -0.39 is 61.5 Å². The number of aliphatic hydroxyl groups excluding tert-OH is 6. The molecule has 1 fully saturated rings. The van der Waals surface area contributed by atoms with Crippen LogP contribution < -0.4 is 5.32 Å². The molecule has 1 aliphatic rings. The molecule has 0 bridgehead atoms. The van der Waals surface area contributed by atoms with Crippen LogP contribution in [0.2, 0.25) is 0 Å². The maximum atomic E-state index is 13.0. The predicted octanol–water partition coefficient (Wildman–Crippen LogP) is 7.30. The summed E-state index contributed by atoms with van der Waals surface area (Å²) in [7, 11) is 0. The first-order valence-electron chi connectivity index (χ1n) is 21.7. The molecule has 8 atom stereocenters. The molecule has 1 heterocycles. The van der Waals surface area contributed by atoms with Crippen LogP contribution in [-0.2, 0) is 14.3 Å². The summed E-state index contributed by atoms with van der Waals surface area (Å²) in [4.78, 5) is 13.0. The van der Waals surface area contributed by atoms with Gasteiger partial charge in [-0.2, -0.15) is 0 Å². The molecule has 0 aromatic heterocycles. The zero-order chi connectivity index (χ0) is 38.9. The molecule has 7 N–H and O–H groups in total. The van der Waals surface area contributed by atoms with Gasteiger partial charge in [-0.15, -0.1) is 0 Å². The van der Waals surface area contributed by atoms with Crippen molar-refractivity contribution >= 4 is 5.91 Å². The summed E-state index contributed by atoms with van der Waals surface area (Å²) in [5, 5.41) is 64.4. The quantitative estimate of drug-likeness (QED) is 0.0259. The van der Waals surface area contributed by atoms with Gasteiger partial charge >= 0.3 is 0 Å². The Kier molecular flexibility index (Phi) is 31.8. The van der Waals surface area contributed by atoms with Gasteiger partial charge in [0.15, 0.2) is 6.29 Å². The van der Waals surface area contributed by atoms with Crippen LogP contribution in [0.5, 0.6) is 0 Å². The van der Waals surface area contributed by atoms with Gasteiger partial charge in [0.05, 0.1) is 25.4 Å².